The van der Waals surface area contributed by atoms with E-state index >= 15 is 0 Å². The molecule has 0 bridgehead atoms. The van der Waals surface area contributed by atoms with Gasteiger partial charge in [-0.1, -0.05) is 23.7 Å². The molecule has 1 nitrogen and oxygen atoms in total. The number of hydrogen-bond acceptors (Lipinski definition) is 2. The van der Waals surface area contributed by atoms with Crippen molar-refractivity contribution in [3.8, 4) is 5.75 Å². The Morgan fingerprint density at radius 1 is 1.16 bits per heavy atom. The first kappa shape index (κ1) is 12.5. The normalized spacial score (nSPS) is 10.8. The second kappa shape index (κ2) is 5.19. The number of para-hydroxylation sites is 1. The first-order chi connectivity index (χ1) is 9.24. The second-order valence-corrected chi connectivity index (χ2v) is 5.44. The molecule has 3 aromatic rings. The standard InChI is InChI=1S/C15H10ClFOS/c16-13-3-1-2-4-14(13)18-8-10-9-19-15-6-5-11(17)7-12(10)15/h1-7,9H,8H2. The zero-order valence-corrected chi connectivity index (χ0v) is 11.5. The Morgan fingerprint density at radius 2 is 2.00 bits per heavy atom. The third-order valence-electron chi connectivity index (χ3n) is 2.84. The molecule has 0 aliphatic heterocycles. The molecular weight excluding hydrogens is 283 g/mol. The van der Waals surface area contributed by atoms with Crippen LogP contribution in [0.4, 0.5) is 4.39 Å². The topological polar surface area (TPSA) is 9.23 Å². The molecule has 96 valence electrons. The van der Waals surface area contributed by atoms with Crippen molar-refractivity contribution in [1.82, 2.24) is 0 Å². The van der Waals surface area contributed by atoms with E-state index in [1.54, 1.807) is 23.5 Å². The summed E-state index contributed by atoms with van der Waals surface area (Å²) in [6.07, 6.45) is 0. The van der Waals surface area contributed by atoms with E-state index in [4.69, 9.17) is 16.3 Å². The van der Waals surface area contributed by atoms with Crippen LogP contribution in [0.5, 0.6) is 5.75 Å². The minimum absolute atomic E-state index is 0.232. The van der Waals surface area contributed by atoms with Crippen molar-refractivity contribution < 1.29 is 9.13 Å². The van der Waals surface area contributed by atoms with E-state index in [1.807, 2.05) is 23.6 Å². The van der Waals surface area contributed by atoms with E-state index in [0.717, 1.165) is 15.6 Å². The molecule has 2 aromatic carbocycles. The van der Waals surface area contributed by atoms with Crippen LogP contribution in [0.1, 0.15) is 5.56 Å². The van der Waals surface area contributed by atoms with Crippen molar-refractivity contribution in [2.45, 2.75) is 6.61 Å². The molecule has 4 heteroatoms. The third kappa shape index (κ3) is 2.57. The molecule has 0 aliphatic carbocycles. The van der Waals surface area contributed by atoms with Crippen molar-refractivity contribution in [2.24, 2.45) is 0 Å². The minimum atomic E-state index is -0.232. The lowest BCUT2D eigenvalue weighted by molar-refractivity contribution is 0.308. The zero-order chi connectivity index (χ0) is 13.2. The quantitative estimate of drug-likeness (QED) is 0.639. The van der Waals surface area contributed by atoms with Crippen LogP contribution >= 0.6 is 22.9 Å². The summed E-state index contributed by atoms with van der Waals surface area (Å²) in [5, 5.41) is 3.46. The van der Waals surface area contributed by atoms with Crippen LogP contribution in [0.2, 0.25) is 5.02 Å². The van der Waals surface area contributed by atoms with E-state index < -0.39 is 0 Å². The summed E-state index contributed by atoms with van der Waals surface area (Å²) in [6, 6.07) is 12.1. The smallest absolute Gasteiger partial charge is 0.138 e. The number of fused-ring (bicyclic) bond motifs is 1. The van der Waals surface area contributed by atoms with E-state index in [2.05, 4.69) is 0 Å². The maximum atomic E-state index is 13.3. The molecule has 0 saturated heterocycles. The van der Waals surface area contributed by atoms with Gasteiger partial charge in [-0.25, -0.2) is 4.39 Å². The van der Waals surface area contributed by atoms with Gasteiger partial charge in [-0.3, -0.25) is 0 Å². The molecule has 0 unspecified atom stereocenters. The lowest BCUT2D eigenvalue weighted by Crippen LogP contribution is -1.94. The highest BCUT2D eigenvalue weighted by atomic mass is 35.5. The van der Waals surface area contributed by atoms with E-state index in [1.165, 1.54) is 12.1 Å². The van der Waals surface area contributed by atoms with Crippen molar-refractivity contribution >= 4 is 33.0 Å². The van der Waals surface area contributed by atoms with Crippen LogP contribution in [0.25, 0.3) is 10.1 Å². The highest BCUT2D eigenvalue weighted by Gasteiger charge is 2.07. The van der Waals surface area contributed by atoms with Crippen LogP contribution in [0, 0.1) is 5.82 Å². The van der Waals surface area contributed by atoms with Crippen LogP contribution in [0.3, 0.4) is 0 Å². The Hall–Kier alpha value is -1.58. The average molecular weight is 293 g/mol. The highest BCUT2D eigenvalue weighted by molar-refractivity contribution is 7.17. The molecular formula is C15H10ClFOS. The number of hydrogen-bond donors (Lipinski definition) is 0. The fraction of sp³-hybridized carbons (Fsp3) is 0.0667. The SMILES string of the molecule is Fc1ccc2scc(COc3ccccc3Cl)c2c1. The van der Waals surface area contributed by atoms with Gasteiger partial charge in [-0.05, 0) is 35.7 Å². The Labute approximate surface area is 119 Å². The monoisotopic (exact) mass is 292 g/mol. The Morgan fingerprint density at radius 3 is 2.84 bits per heavy atom. The maximum Gasteiger partial charge on any atom is 0.138 e. The average Bonchev–Trinajstić information content (AvgIpc) is 2.80. The molecule has 0 spiro atoms. The van der Waals surface area contributed by atoms with Gasteiger partial charge in [0.15, 0.2) is 0 Å². The van der Waals surface area contributed by atoms with Gasteiger partial charge in [0, 0.05) is 15.6 Å². The Balaban J connectivity index is 1.86. The zero-order valence-electron chi connectivity index (χ0n) is 9.90. The Bertz CT molecular complexity index is 723. The van der Waals surface area contributed by atoms with Crippen LogP contribution in [0.15, 0.2) is 47.8 Å². The molecule has 0 aliphatic rings. The van der Waals surface area contributed by atoms with Gasteiger partial charge in [0.25, 0.3) is 0 Å². The van der Waals surface area contributed by atoms with E-state index in [-0.39, 0.29) is 5.82 Å². The predicted octanol–water partition coefficient (Wildman–Crippen LogP) is 5.27. The summed E-state index contributed by atoms with van der Waals surface area (Å²) in [6.45, 7) is 0.382. The highest BCUT2D eigenvalue weighted by Crippen LogP contribution is 2.29. The number of rotatable bonds is 3. The van der Waals surface area contributed by atoms with Crippen LogP contribution < -0.4 is 4.74 Å². The largest absolute Gasteiger partial charge is 0.487 e. The molecule has 0 saturated carbocycles. The third-order valence-corrected chi connectivity index (χ3v) is 4.16. The second-order valence-electron chi connectivity index (χ2n) is 4.12. The molecule has 0 amide bonds. The fourth-order valence-electron chi connectivity index (χ4n) is 1.88. The predicted molar refractivity (Wildman–Crippen MR) is 77.6 cm³/mol. The number of ether oxygens (including phenoxy) is 1. The van der Waals surface area contributed by atoms with Gasteiger partial charge >= 0.3 is 0 Å². The molecule has 1 heterocycles. The van der Waals surface area contributed by atoms with Gasteiger partial charge in [0.2, 0.25) is 0 Å². The van der Waals surface area contributed by atoms with Crippen molar-refractivity contribution in [3.63, 3.8) is 0 Å². The van der Waals surface area contributed by atoms with Gasteiger partial charge in [0.1, 0.15) is 18.2 Å². The van der Waals surface area contributed by atoms with Gasteiger partial charge < -0.3 is 4.74 Å². The van der Waals surface area contributed by atoms with Crippen LogP contribution in [-0.2, 0) is 6.61 Å². The first-order valence-corrected chi connectivity index (χ1v) is 7.03. The minimum Gasteiger partial charge on any atom is -0.487 e. The summed E-state index contributed by atoms with van der Waals surface area (Å²) >= 11 is 7.61. The van der Waals surface area contributed by atoms with E-state index in [0.29, 0.717) is 17.4 Å². The number of halogens is 2. The molecule has 0 atom stereocenters. The maximum absolute atomic E-state index is 13.3. The summed E-state index contributed by atoms with van der Waals surface area (Å²) in [5.41, 5.74) is 0.972. The lowest BCUT2D eigenvalue weighted by atomic mass is 10.2. The molecule has 1 aromatic heterocycles. The Kier molecular flexibility index (Phi) is 3.40. The first-order valence-electron chi connectivity index (χ1n) is 5.77. The number of thiophene rings is 1. The molecule has 0 N–H and O–H groups in total. The molecule has 0 radical (unpaired) electrons. The summed E-state index contributed by atoms with van der Waals surface area (Å²) in [5.74, 6) is 0.407. The van der Waals surface area contributed by atoms with E-state index in [9.17, 15) is 4.39 Å². The van der Waals surface area contributed by atoms with Crippen molar-refractivity contribution in [1.29, 1.82) is 0 Å². The fourth-order valence-corrected chi connectivity index (χ4v) is 3.00. The van der Waals surface area contributed by atoms with Crippen LogP contribution in [-0.4, -0.2) is 0 Å². The van der Waals surface area contributed by atoms with Gasteiger partial charge in [0.05, 0.1) is 5.02 Å². The lowest BCUT2D eigenvalue weighted by Gasteiger charge is -2.07. The molecule has 0 fully saturated rings. The van der Waals surface area contributed by atoms with Gasteiger partial charge in [-0.2, -0.15) is 0 Å². The van der Waals surface area contributed by atoms with Gasteiger partial charge in [-0.15, -0.1) is 11.3 Å². The summed E-state index contributed by atoms with van der Waals surface area (Å²) in [4.78, 5) is 0. The molecule has 3 rings (SSSR count). The summed E-state index contributed by atoms with van der Waals surface area (Å²) < 4.78 is 20.0. The summed E-state index contributed by atoms with van der Waals surface area (Å²) in [7, 11) is 0. The molecule has 19 heavy (non-hydrogen) atoms. The van der Waals surface area contributed by atoms with Crippen molar-refractivity contribution in [2.75, 3.05) is 0 Å². The van der Waals surface area contributed by atoms with Crippen molar-refractivity contribution in [3.05, 3.63) is 64.2 Å². The number of benzene rings is 2.